The lowest BCUT2D eigenvalue weighted by molar-refractivity contribution is 0.874. The molecule has 0 atom stereocenters. The van der Waals surface area contributed by atoms with Crippen molar-refractivity contribution in [2.45, 2.75) is 0 Å². The zero-order valence-electron chi connectivity index (χ0n) is 11.9. The second kappa shape index (κ2) is 8.45. The Morgan fingerprint density at radius 1 is 1.23 bits per heavy atom. The Kier molecular flexibility index (Phi) is 6.29. The first-order valence-corrected chi connectivity index (χ1v) is 7.72. The van der Waals surface area contributed by atoms with Crippen molar-refractivity contribution in [2.24, 2.45) is 5.10 Å². The third kappa shape index (κ3) is 4.51. The van der Waals surface area contributed by atoms with E-state index in [1.165, 1.54) is 11.0 Å². The van der Waals surface area contributed by atoms with E-state index in [0.29, 0.717) is 17.7 Å². The molecule has 2 aromatic rings. The summed E-state index contributed by atoms with van der Waals surface area (Å²) in [6, 6.07) is 7.93. The number of hydrogen-bond acceptors (Lipinski definition) is 6. The molecule has 3 N–H and O–H groups in total. The molecule has 7 nitrogen and oxygen atoms in total. The van der Waals surface area contributed by atoms with Crippen LogP contribution in [0.2, 0.25) is 0 Å². The maximum atomic E-state index is 5.81. The third-order valence-corrected chi connectivity index (χ3v) is 3.26. The van der Waals surface area contributed by atoms with Crippen molar-refractivity contribution in [3.63, 3.8) is 0 Å². The summed E-state index contributed by atoms with van der Waals surface area (Å²) in [5.74, 6) is 7.04. The van der Waals surface area contributed by atoms with Gasteiger partial charge in [-0.1, -0.05) is 12.1 Å². The lowest BCUT2D eigenvalue weighted by Crippen LogP contribution is -2.27. The average Bonchev–Trinajstić information content (AvgIpc) is 2.93. The average molecular weight is 342 g/mol. The molecule has 0 aliphatic carbocycles. The maximum Gasteiger partial charge on any atom is 0.263 e. The summed E-state index contributed by atoms with van der Waals surface area (Å²) in [4.78, 5) is 2.13. The number of halogens is 2. The fraction of sp³-hybridized carbons (Fsp3) is 0.308. The van der Waals surface area contributed by atoms with Crippen molar-refractivity contribution in [3.05, 3.63) is 36.2 Å². The molecule has 0 radical (unpaired) electrons. The van der Waals surface area contributed by atoms with Gasteiger partial charge in [-0.3, -0.25) is 0 Å². The van der Waals surface area contributed by atoms with E-state index in [1.807, 2.05) is 24.3 Å². The first kappa shape index (κ1) is 16.4. The van der Waals surface area contributed by atoms with E-state index in [2.05, 4.69) is 25.6 Å². The quantitative estimate of drug-likeness (QED) is 0.330. The summed E-state index contributed by atoms with van der Waals surface area (Å²) in [5.41, 5.74) is 4.73. The van der Waals surface area contributed by atoms with Gasteiger partial charge in [0.1, 0.15) is 6.33 Å². The maximum absolute atomic E-state index is 5.81. The van der Waals surface area contributed by atoms with Crippen LogP contribution in [0.3, 0.4) is 0 Å². The van der Waals surface area contributed by atoms with Crippen molar-refractivity contribution in [1.29, 1.82) is 0 Å². The highest BCUT2D eigenvalue weighted by molar-refractivity contribution is 6.18. The molecule has 1 aromatic heterocycles. The predicted molar refractivity (Wildman–Crippen MR) is 91.5 cm³/mol. The van der Waals surface area contributed by atoms with Gasteiger partial charge >= 0.3 is 0 Å². The summed E-state index contributed by atoms with van der Waals surface area (Å²) in [7, 11) is 0. The Balaban J connectivity index is 1.97. The van der Waals surface area contributed by atoms with E-state index in [0.717, 1.165) is 24.3 Å². The smallest absolute Gasteiger partial charge is 0.263 e. The third-order valence-electron chi connectivity index (χ3n) is 2.92. The zero-order valence-corrected chi connectivity index (χ0v) is 13.4. The molecular formula is C13H17Cl2N7. The van der Waals surface area contributed by atoms with E-state index < -0.39 is 0 Å². The second-order valence-corrected chi connectivity index (χ2v) is 5.14. The molecule has 1 aromatic carbocycles. The number of anilines is 2. The summed E-state index contributed by atoms with van der Waals surface area (Å²) in [5, 5.41) is 11.5. The van der Waals surface area contributed by atoms with Gasteiger partial charge in [-0.05, 0) is 17.7 Å². The van der Waals surface area contributed by atoms with E-state index in [9.17, 15) is 0 Å². The molecule has 0 spiro atoms. The number of nitrogens with one attached hydrogen (secondary N) is 1. The molecule has 0 aliphatic rings. The number of rotatable bonds is 8. The van der Waals surface area contributed by atoms with Gasteiger partial charge in [0, 0.05) is 30.5 Å². The lowest BCUT2D eigenvalue weighted by Gasteiger charge is -2.22. The van der Waals surface area contributed by atoms with E-state index in [-0.39, 0.29) is 0 Å². The van der Waals surface area contributed by atoms with Gasteiger partial charge in [0.15, 0.2) is 0 Å². The summed E-state index contributed by atoms with van der Waals surface area (Å²) in [6.45, 7) is 1.52. The predicted octanol–water partition coefficient (Wildman–Crippen LogP) is 1.72. The van der Waals surface area contributed by atoms with Crippen LogP contribution < -0.4 is 16.2 Å². The van der Waals surface area contributed by atoms with Gasteiger partial charge in [-0.15, -0.1) is 33.4 Å². The molecule has 0 bridgehead atoms. The number of nitrogens with two attached hydrogens (primary N) is 1. The first-order chi connectivity index (χ1) is 10.7. The molecule has 118 valence electrons. The number of alkyl halides is 2. The Hall–Kier alpha value is -1.99. The Bertz CT molecular complexity index is 591. The highest BCUT2D eigenvalue weighted by Crippen LogP contribution is 2.15. The highest BCUT2D eigenvalue weighted by atomic mass is 35.5. The van der Waals surface area contributed by atoms with Crippen molar-refractivity contribution in [2.75, 3.05) is 41.0 Å². The molecule has 0 aliphatic heterocycles. The van der Waals surface area contributed by atoms with Crippen molar-refractivity contribution >= 4 is 41.1 Å². The minimum absolute atomic E-state index is 0.364. The van der Waals surface area contributed by atoms with Gasteiger partial charge in [0.2, 0.25) is 0 Å². The summed E-state index contributed by atoms with van der Waals surface area (Å²) < 4.78 is 1.25. The SMILES string of the molecule is Nn1cnnc1NN=Cc1ccc(N(CCCl)CCCl)cc1. The number of hydrazone groups is 1. The highest BCUT2D eigenvalue weighted by Gasteiger charge is 2.04. The molecule has 0 amide bonds. The molecule has 2 rings (SSSR count). The Labute approximate surface area is 138 Å². The number of nitrogens with zero attached hydrogens (tertiary/aromatic N) is 5. The van der Waals surface area contributed by atoms with Crippen LogP contribution in [0, 0.1) is 0 Å². The van der Waals surface area contributed by atoms with Gasteiger partial charge in [-0.25, -0.2) is 10.1 Å². The first-order valence-electron chi connectivity index (χ1n) is 6.65. The van der Waals surface area contributed by atoms with Crippen molar-refractivity contribution in [3.8, 4) is 0 Å². The molecule has 0 saturated heterocycles. The van der Waals surface area contributed by atoms with Gasteiger partial charge in [0.25, 0.3) is 5.95 Å². The van der Waals surface area contributed by atoms with Crippen LogP contribution in [0.15, 0.2) is 35.7 Å². The van der Waals surface area contributed by atoms with Crippen LogP contribution in [-0.4, -0.2) is 45.9 Å². The van der Waals surface area contributed by atoms with Gasteiger partial charge < -0.3 is 10.7 Å². The number of benzene rings is 1. The van der Waals surface area contributed by atoms with E-state index in [1.54, 1.807) is 6.21 Å². The molecule has 22 heavy (non-hydrogen) atoms. The normalized spacial score (nSPS) is 11.0. The van der Waals surface area contributed by atoms with Gasteiger partial charge in [0.05, 0.1) is 6.21 Å². The molecular weight excluding hydrogens is 325 g/mol. The van der Waals surface area contributed by atoms with Crippen LogP contribution in [-0.2, 0) is 0 Å². The standard InChI is InChI=1S/C13H17Cl2N7/c14-5-7-21(8-6-15)12-3-1-11(2-4-12)9-17-19-13-20-18-10-22(13)16/h1-4,9-10H,5-8,16H2,(H,19,20). The van der Waals surface area contributed by atoms with Crippen molar-refractivity contribution < 1.29 is 0 Å². The molecule has 1 heterocycles. The van der Waals surface area contributed by atoms with Crippen LogP contribution in [0.1, 0.15) is 5.56 Å². The minimum Gasteiger partial charge on any atom is -0.369 e. The zero-order chi connectivity index (χ0) is 15.8. The van der Waals surface area contributed by atoms with Crippen LogP contribution in [0.5, 0.6) is 0 Å². The largest absolute Gasteiger partial charge is 0.369 e. The molecule has 9 heteroatoms. The second-order valence-electron chi connectivity index (χ2n) is 4.39. The minimum atomic E-state index is 0.364. The van der Waals surface area contributed by atoms with Crippen molar-refractivity contribution in [1.82, 2.24) is 14.9 Å². The number of hydrogen-bond donors (Lipinski definition) is 2. The summed E-state index contributed by atoms with van der Waals surface area (Å²) >= 11 is 11.6. The summed E-state index contributed by atoms with van der Waals surface area (Å²) in [6.07, 6.45) is 3.06. The Morgan fingerprint density at radius 3 is 2.45 bits per heavy atom. The fourth-order valence-corrected chi connectivity index (χ4v) is 2.24. The van der Waals surface area contributed by atoms with E-state index in [4.69, 9.17) is 29.0 Å². The van der Waals surface area contributed by atoms with E-state index >= 15 is 0 Å². The number of nitrogen functional groups attached to an aromatic ring is 1. The lowest BCUT2D eigenvalue weighted by atomic mass is 10.2. The number of aromatic nitrogens is 3. The fourth-order valence-electron chi connectivity index (χ4n) is 1.83. The molecule has 0 saturated carbocycles. The monoisotopic (exact) mass is 341 g/mol. The van der Waals surface area contributed by atoms with Gasteiger partial charge in [-0.2, -0.15) is 5.10 Å². The Morgan fingerprint density at radius 2 is 1.91 bits per heavy atom. The van der Waals surface area contributed by atoms with Crippen LogP contribution >= 0.6 is 23.2 Å². The molecule has 0 fully saturated rings. The molecule has 0 unspecified atom stereocenters. The topological polar surface area (TPSA) is 84.4 Å². The van der Waals surface area contributed by atoms with Crippen LogP contribution in [0.4, 0.5) is 11.6 Å². The van der Waals surface area contributed by atoms with Crippen LogP contribution in [0.25, 0.3) is 0 Å².